The molecule has 0 aliphatic carbocycles. The molecular weight excluding hydrogens is 262 g/mol. The number of rotatable bonds is 8. The summed E-state index contributed by atoms with van der Waals surface area (Å²) in [6.07, 6.45) is 2.24. The molecule has 3 nitrogen and oxygen atoms in total. The highest BCUT2D eigenvalue weighted by molar-refractivity contribution is 5.86. The molecule has 0 fully saturated rings. The Morgan fingerprint density at radius 1 is 1.00 bits per heavy atom. The quantitative estimate of drug-likeness (QED) is 0.732. The van der Waals surface area contributed by atoms with Gasteiger partial charge in [0.15, 0.2) is 0 Å². The third kappa shape index (κ3) is 11.6. The van der Waals surface area contributed by atoms with Crippen molar-refractivity contribution in [1.29, 1.82) is 0 Å². The van der Waals surface area contributed by atoms with E-state index in [1.54, 1.807) is 0 Å². The second-order valence-electron chi connectivity index (χ2n) is 8.83. The molecule has 124 valence electrons. The van der Waals surface area contributed by atoms with E-state index in [4.69, 9.17) is 0 Å². The van der Waals surface area contributed by atoms with Gasteiger partial charge >= 0.3 is 0 Å². The average Bonchev–Trinajstić information content (AvgIpc) is 2.18. The van der Waals surface area contributed by atoms with Gasteiger partial charge in [-0.05, 0) is 38.5 Å². The van der Waals surface area contributed by atoms with Crippen LogP contribution in [0.3, 0.4) is 0 Å². The highest BCUT2D eigenvalue weighted by atomic mass is 16.1. The van der Waals surface area contributed by atoms with E-state index in [0.29, 0.717) is 31.6 Å². The van der Waals surface area contributed by atoms with Crippen LogP contribution >= 0.6 is 0 Å². The van der Waals surface area contributed by atoms with E-state index in [2.05, 4.69) is 46.9 Å². The Bertz CT molecular complexity index is 345. The van der Waals surface area contributed by atoms with Crippen LogP contribution in [0.25, 0.3) is 0 Å². The first-order valence-electron chi connectivity index (χ1n) is 8.12. The lowest BCUT2D eigenvalue weighted by molar-refractivity contribution is -0.124. The van der Waals surface area contributed by atoms with E-state index in [9.17, 15) is 9.59 Å². The SMILES string of the molecule is CC(C)CC(=O)CCC(NC(C)(C)C)C(=O)CC(C)(C)C. The molecule has 0 bridgehead atoms. The summed E-state index contributed by atoms with van der Waals surface area (Å²) in [6, 6.07) is -0.222. The molecule has 0 aliphatic heterocycles. The molecule has 1 N–H and O–H groups in total. The van der Waals surface area contributed by atoms with E-state index in [1.807, 2.05) is 13.8 Å². The molecule has 0 amide bonds. The van der Waals surface area contributed by atoms with Crippen LogP contribution in [0.5, 0.6) is 0 Å². The van der Waals surface area contributed by atoms with E-state index >= 15 is 0 Å². The topological polar surface area (TPSA) is 46.2 Å². The molecule has 0 spiro atoms. The summed E-state index contributed by atoms with van der Waals surface area (Å²) < 4.78 is 0. The molecule has 0 saturated carbocycles. The summed E-state index contributed by atoms with van der Waals surface area (Å²) in [7, 11) is 0. The monoisotopic (exact) mass is 297 g/mol. The second-order valence-corrected chi connectivity index (χ2v) is 8.83. The summed E-state index contributed by atoms with van der Waals surface area (Å²) in [5.74, 6) is 0.862. The molecule has 0 rings (SSSR count). The van der Waals surface area contributed by atoms with Crippen molar-refractivity contribution in [3.8, 4) is 0 Å². The molecule has 21 heavy (non-hydrogen) atoms. The zero-order valence-electron chi connectivity index (χ0n) is 15.3. The Labute approximate surface area is 131 Å². The fraction of sp³-hybridized carbons (Fsp3) is 0.889. The van der Waals surface area contributed by atoms with Crippen molar-refractivity contribution in [1.82, 2.24) is 5.32 Å². The van der Waals surface area contributed by atoms with Gasteiger partial charge in [0.25, 0.3) is 0 Å². The molecule has 0 aromatic carbocycles. The number of hydrogen-bond acceptors (Lipinski definition) is 3. The van der Waals surface area contributed by atoms with Gasteiger partial charge in [-0.2, -0.15) is 0 Å². The number of Topliss-reactive ketones (excluding diaryl/α,β-unsaturated/α-hetero) is 2. The normalized spacial score (nSPS) is 14.3. The maximum atomic E-state index is 12.5. The van der Waals surface area contributed by atoms with Crippen molar-refractivity contribution in [3.05, 3.63) is 0 Å². The largest absolute Gasteiger partial charge is 0.303 e. The summed E-state index contributed by atoms with van der Waals surface area (Å²) in [6.45, 7) is 16.5. The standard InChI is InChI=1S/C18H35NO2/c1-13(2)11-14(20)9-10-15(19-18(6,7)8)16(21)12-17(3,4)5/h13,15,19H,9-12H2,1-8H3. The molecular formula is C18H35NO2. The van der Waals surface area contributed by atoms with Crippen LogP contribution in [0.4, 0.5) is 0 Å². The van der Waals surface area contributed by atoms with E-state index in [1.165, 1.54) is 0 Å². The van der Waals surface area contributed by atoms with E-state index in [-0.39, 0.29) is 28.6 Å². The van der Waals surface area contributed by atoms with Gasteiger partial charge in [-0.3, -0.25) is 9.59 Å². The van der Waals surface area contributed by atoms with Crippen molar-refractivity contribution in [2.24, 2.45) is 11.3 Å². The highest BCUT2D eigenvalue weighted by Gasteiger charge is 2.27. The van der Waals surface area contributed by atoms with Crippen LogP contribution in [0.15, 0.2) is 0 Å². The van der Waals surface area contributed by atoms with Gasteiger partial charge in [0.2, 0.25) is 0 Å². The van der Waals surface area contributed by atoms with Gasteiger partial charge in [0, 0.05) is 24.8 Å². The number of ketones is 2. The predicted molar refractivity (Wildman–Crippen MR) is 89.5 cm³/mol. The Morgan fingerprint density at radius 3 is 1.90 bits per heavy atom. The predicted octanol–water partition coefficient (Wildman–Crippen LogP) is 4.14. The summed E-state index contributed by atoms with van der Waals surface area (Å²) in [4.78, 5) is 24.4. The lowest BCUT2D eigenvalue weighted by Gasteiger charge is -2.29. The Hall–Kier alpha value is -0.700. The summed E-state index contributed by atoms with van der Waals surface area (Å²) >= 11 is 0. The molecule has 0 aromatic rings. The first-order chi connectivity index (χ1) is 9.30. The summed E-state index contributed by atoms with van der Waals surface area (Å²) in [5.41, 5.74) is -0.143. The molecule has 0 aliphatic rings. The zero-order valence-corrected chi connectivity index (χ0v) is 15.3. The molecule has 1 atom stereocenters. The number of hydrogen-bond donors (Lipinski definition) is 1. The van der Waals surface area contributed by atoms with Gasteiger partial charge in [-0.1, -0.05) is 34.6 Å². The second kappa shape index (κ2) is 8.07. The van der Waals surface area contributed by atoms with Gasteiger partial charge in [-0.15, -0.1) is 0 Å². The minimum atomic E-state index is -0.222. The third-order valence-corrected chi connectivity index (χ3v) is 3.05. The first-order valence-corrected chi connectivity index (χ1v) is 8.12. The van der Waals surface area contributed by atoms with E-state index in [0.717, 1.165) is 0 Å². The van der Waals surface area contributed by atoms with Crippen molar-refractivity contribution >= 4 is 11.6 Å². The van der Waals surface area contributed by atoms with Gasteiger partial charge < -0.3 is 5.32 Å². The molecule has 0 radical (unpaired) electrons. The molecule has 0 heterocycles. The highest BCUT2D eigenvalue weighted by Crippen LogP contribution is 2.21. The van der Waals surface area contributed by atoms with Crippen LogP contribution in [-0.2, 0) is 9.59 Å². The number of carbonyl (C=O) groups excluding carboxylic acids is 2. The minimum Gasteiger partial charge on any atom is -0.303 e. The fourth-order valence-corrected chi connectivity index (χ4v) is 2.34. The minimum absolute atomic E-state index is 0.0170. The van der Waals surface area contributed by atoms with Crippen LogP contribution in [0, 0.1) is 11.3 Å². The molecule has 3 heteroatoms. The third-order valence-electron chi connectivity index (χ3n) is 3.05. The Kier molecular flexibility index (Phi) is 7.80. The summed E-state index contributed by atoms with van der Waals surface area (Å²) in [5, 5.41) is 3.39. The first kappa shape index (κ1) is 20.3. The average molecular weight is 297 g/mol. The Balaban J connectivity index is 4.68. The van der Waals surface area contributed by atoms with E-state index < -0.39 is 0 Å². The smallest absolute Gasteiger partial charge is 0.150 e. The van der Waals surface area contributed by atoms with Crippen LogP contribution in [0.1, 0.15) is 81.1 Å². The van der Waals surface area contributed by atoms with Crippen molar-refractivity contribution in [2.75, 3.05) is 0 Å². The number of carbonyl (C=O) groups is 2. The fourth-order valence-electron chi connectivity index (χ4n) is 2.34. The maximum Gasteiger partial charge on any atom is 0.150 e. The molecule has 0 saturated heterocycles. The lowest BCUT2D eigenvalue weighted by Crippen LogP contribution is -2.48. The zero-order chi connectivity index (χ0) is 16.8. The van der Waals surface area contributed by atoms with Crippen LogP contribution in [0.2, 0.25) is 0 Å². The van der Waals surface area contributed by atoms with Crippen LogP contribution < -0.4 is 5.32 Å². The van der Waals surface area contributed by atoms with Crippen LogP contribution in [-0.4, -0.2) is 23.1 Å². The Morgan fingerprint density at radius 2 is 1.52 bits per heavy atom. The molecule has 1 unspecified atom stereocenters. The van der Waals surface area contributed by atoms with Gasteiger partial charge in [0.1, 0.15) is 11.6 Å². The lowest BCUT2D eigenvalue weighted by atomic mass is 9.86. The maximum absolute atomic E-state index is 12.5. The van der Waals surface area contributed by atoms with Crippen molar-refractivity contribution < 1.29 is 9.59 Å². The van der Waals surface area contributed by atoms with Crippen molar-refractivity contribution in [3.63, 3.8) is 0 Å². The van der Waals surface area contributed by atoms with Gasteiger partial charge in [0.05, 0.1) is 6.04 Å². The van der Waals surface area contributed by atoms with Crippen molar-refractivity contribution in [2.45, 2.75) is 92.7 Å². The molecule has 0 aromatic heterocycles. The van der Waals surface area contributed by atoms with Gasteiger partial charge in [-0.25, -0.2) is 0 Å². The number of nitrogens with one attached hydrogen (secondary N) is 1.